The largest absolute Gasteiger partial charge is 0.493 e. The number of sulfonamides is 1. The van der Waals surface area contributed by atoms with Crippen molar-refractivity contribution >= 4 is 16.0 Å². The molecule has 2 aromatic carbocycles. The lowest BCUT2D eigenvalue weighted by molar-refractivity contribution is -0.0512. The maximum Gasteiger partial charge on any atom is 0.387 e. The van der Waals surface area contributed by atoms with Gasteiger partial charge >= 0.3 is 12.6 Å². The lowest BCUT2D eigenvalue weighted by Gasteiger charge is -2.12. The molecule has 0 unspecified atom stereocenters. The maximum atomic E-state index is 12.4. The number of carbonyl (C=O) groups is 1. The van der Waals surface area contributed by atoms with Gasteiger partial charge in [-0.3, -0.25) is 0 Å². The molecule has 0 aliphatic heterocycles. The van der Waals surface area contributed by atoms with Crippen LogP contribution in [0, 0.1) is 0 Å². The molecule has 0 radical (unpaired) electrons. The number of rotatable bonds is 9. The van der Waals surface area contributed by atoms with Crippen molar-refractivity contribution in [3.05, 3.63) is 53.6 Å². The molecule has 0 aliphatic rings. The molecule has 10 heteroatoms. The van der Waals surface area contributed by atoms with Crippen LogP contribution in [0.2, 0.25) is 0 Å². The molecule has 0 fully saturated rings. The van der Waals surface area contributed by atoms with Crippen molar-refractivity contribution in [3.8, 4) is 11.5 Å². The van der Waals surface area contributed by atoms with Crippen molar-refractivity contribution in [1.82, 2.24) is 4.72 Å². The summed E-state index contributed by atoms with van der Waals surface area (Å²) in [6.45, 7) is -2.93. The summed E-state index contributed by atoms with van der Waals surface area (Å²) >= 11 is 0. The number of hydrogen-bond donors (Lipinski definition) is 1. The van der Waals surface area contributed by atoms with Crippen molar-refractivity contribution < 1.29 is 36.2 Å². The predicted molar refractivity (Wildman–Crippen MR) is 96.3 cm³/mol. The smallest absolute Gasteiger partial charge is 0.387 e. The molecule has 0 bridgehead atoms. The zero-order chi connectivity index (χ0) is 20.7. The fourth-order valence-corrected chi connectivity index (χ4v) is 3.46. The Morgan fingerprint density at radius 1 is 1.11 bits per heavy atom. The van der Waals surface area contributed by atoms with E-state index in [2.05, 4.69) is 14.2 Å². The first-order valence-corrected chi connectivity index (χ1v) is 9.55. The van der Waals surface area contributed by atoms with Gasteiger partial charge < -0.3 is 14.2 Å². The zero-order valence-corrected chi connectivity index (χ0v) is 16.0. The molecule has 28 heavy (non-hydrogen) atoms. The van der Waals surface area contributed by atoms with Crippen LogP contribution in [-0.2, 0) is 21.2 Å². The number of carbonyl (C=O) groups excluding carboxylic acids is 1. The predicted octanol–water partition coefficient (Wildman–Crippen LogP) is 2.60. The molecule has 0 amide bonds. The number of halogens is 2. The van der Waals surface area contributed by atoms with Gasteiger partial charge in [-0.05, 0) is 42.3 Å². The van der Waals surface area contributed by atoms with E-state index in [0.29, 0.717) is 5.56 Å². The van der Waals surface area contributed by atoms with Gasteiger partial charge in [0, 0.05) is 6.54 Å². The van der Waals surface area contributed by atoms with Crippen LogP contribution in [0.3, 0.4) is 0 Å². The summed E-state index contributed by atoms with van der Waals surface area (Å²) in [5, 5.41) is 0. The Kier molecular flexibility index (Phi) is 7.30. The second-order valence-corrected chi connectivity index (χ2v) is 7.30. The van der Waals surface area contributed by atoms with Gasteiger partial charge in [0.25, 0.3) is 0 Å². The van der Waals surface area contributed by atoms with Crippen molar-refractivity contribution in [2.24, 2.45) is 0 Å². The standard InChI is InChI=1S/C18H19F2NO6S/c1-25-16-10-12(6-7-15(16)27-18(19)20)8-9-21-28(23,24)14-5-3-4-13(11-14)17(22)26-2/h3-7,10-11,18,21H,8-9H2,1-2H3. The molecule has 2 rings (SSSR count). The van der Waals surface area contributed by atoms with Crippen molar-refractivity contribution in [1.29, 1.82) is 0 Å². The third-order valence-corrected chi connectivity index (χ3v) is 5.17. The normalized spacial score (nSPS) is 11.3. The first-order chi connectivity index (χ1) is 13.3. The molecule has 0 saturated heterocycles. The van der Waals surface area contributed by atoms with Crippen molar-refractivity contribution in [2.75, 3.05) is 20.8 Å². The lowest BCUT2D eigenvalue weighted by Crippen LogP contribution is -2.26. The summed E-state index contributed by atoms with van der Waals surface area (Å²) < 4.78 is 65.8. The highest BCUT2D eigenvalue weighted by molar-refractivity contribution is 7.89. The first kappa shape index (κ1) is 21.6. The van der Waals surface area contributed by atoms with Gasteiger partial charge in [0.2, 0.25) is 10.0 Å². The molecule has 7 nitrogen and oxygen atoms in total. The summed E-state index contributed by atoms with van der Waals surface area (Å²) in [7, 11) is -1.33. The summed E-state index contributed by atoms with van der Waals surface area (Å²) in [5.74, 6) is -0.636. The summed E-state index contributed by atoms with van der Waals surface area (Å²) in [5.41, 5.74) is 0.772. The van der Waals surface area contributed by atoms with E-state index in [4.69, 9.17) is 4.74 Å². The minimum atomic E-state index is -3.85. The molecular weight excluding hydrogens is 396 g/mol. The monoisotopic (exact) mass is 415 g/mol. The van der Waals surface area contributed by atoms with Gasteiger partial charge in [-0.1, -0.05) is 12.1 Å². The molecule has 0 heterocycles. The van der Waals surface area contributed by atoms with Crippen LogP contribution in [-0.4, -0.2) is 41.8 Å². The van der Waals surface area contributed by atoms with Crippen LogP contribution in [0.5, 0.6) is 11.5 Å². The molecule has 1 N–H and O–H groups in total. The SMILES string of the molecule is COC(=O)c1cccc(S(=O)(=O)NCCc2ccc(OC(F)F)c(OC)c2)c1. The van der Waals surface area contributed by atoms with E-state index >= 15 is 0 Å². The Labute approximate surface area is 161 Å². The highest BCUT2D eigenvalue weighted by atomic mass is 32.2. The molecule has 2 aromatic rings. The highest BCUT2D eigenvalue weighted by Crippen LogP contribution is 2.29. The number of methoxy groups -OCH3 is 2. The van der Waals surface area contributed by atoms with Crippen LogP contribution in [0.1, 0.15) is 15.9 Å². The van der Waals surface area contributed by atoms with Crippen molar-refractivity contribution in [3.63, 3.8) is 0 Å². The van der Waals surface area contributed by atoms with E-state index in [9.17, 15) is 22.0 Å². The number of nitrogens with one attached hydrogen (secondary N) is 1. The maximum absolute atomic E-state index is 12.4. The summed E-state index contributed by atoms with van der Waals surface area (Å²) in [6, 6.07) is 9.81. The van der Waals surface area contributed by atoms with E-state index in [-0.39, 0.29) is 34.9 Å². The van der Waals surface area contributed by atoms with E-state index in [1.54, 1.807) is 0 Å². The zero-order valence-electron chi connectivity index (χ0n) is 15.1. The van der Waals surface area contributed by atoms with E-state index in [1.807, 2.05) is 0 Å². The number of hydrogen-bond acceptors (Lipinski definition) is 6. The van der Waals surface area contributed by atoms with Crippen LogP contribution in [0.15, 0.2) is 47.4 Å². The Bertz CT molecular complexity index is 933. The third-order valence-electron chi connectivity index (χ3n) is 3.72. The Hall–Kier alpha value is -2.72. The minimum Gasteiger partial charge on any atom is -0.493 e. The molecule has 0 saturated carbocycles. The second-order valence-electron chi connectivity index (χ2n) is 5.53. The third kappa shape index (κ3) is 5.64. The number of benzene rings is 2. The van der Waals surface area contributed by atoms with Gasteiger partial charge in [0.1, 0.15) is 0 Å². The average Bonchev–Trinajstić information content (AvgIpc) is 2.68. The van der Waals surface area contributed by atoms with Crippen LogP contribution < -0.4 is 14.2 Å². The number of ether oxygens (including phenoxy) is 3. The number of alkyl halides is 2. The molecule has 152 valence electrons. The van der Waals surface area contributed by atoms with E-state index in [1.165, 1.54) is 56.7 Å². The van der Waals surface area contributed by atoms with Crippen LogP contribution in [0.25, 0.3) is 0 Å². The molecule has 0 aliphatic carbocycles. The molecular formula is C18H19F2NO6S. The quantitative estimate of drug-likeness (QED) is 0.633. The lowest BCUT2D eigenvalue weighted by atomic mass is 10.1. The summed E-state index contributed by atoms with van der Waals surface area (Å²) in [6.07, 6.45) is 0.279. The van der Waals surface area contributed by atoms with Gasteiger partial charge in [0.05, 0.1) is 24.7 Å². The summed E-state index contributed by atoms with van der Waals surface area (Å²) in [4.78, 5) is 11.5. The van der Waals surface area contributed by atoms with E-state index < -0.39 is 22.6 Å². The van der Waals surface area contributed by atoms with Crippen LogP contribution >= 0.6 is 0 Å². The first-order valence-electron chi connectivity index (χ1n) is 8.06. The number of esters is 1. The molecule has 0 spiro atoms. The fraction of sp³-hybridized carbons (Fsp3) is 0.278. The van der Waals surface area contributed by atoms with Gasteiger partial charge in [-0.15, -0.1) is 0 Å². The molecule has 0 atom stereocenters. The van der Waals surface area contributed by atoms with Crippen LogP contribution in [0.4, 0.5) is 8.78 Å². The highest BCUT2D eigenvalue weighted by Gasteiger charge is 2.17. The van der Waals surface area contributed by atoms with Crippen molar-refractivity contribution in [2.45, 2.75) is 17.9 Å². The minimum absolute atomic E-state index is 0.0446. The van der Waals surface area contributed by atoms with Gasteiger partial charge in [-0.2, -0.15) is 8.78 Å². The molecule has 0 aromatic heterocycles. The average molecular weight is 415 g/mol. The Balaban J connectivity index is 2.05. The fourth-order valence-electron chi connectivity index (χ4n) is 2.38. The van der Waals surface area contributed by atoms with E-state index in [0.717, 1.165) is 0 Å². The topological polar surface area (TPSA) is 90.9 Å². The van der Waals surface area contributed by atoms with Gasteiger partial charge in [0.15, 0.2) is 11.5 Å². The Morgan fingerprint density at radius 3 is 2.50 bits per heavy atom. The Morgan fingerprint density at radius 2 is 1.86 bits per heavy atom. The van der Waals surface area contributed by atoms with Gasteiger partial charge in [-0.25, -0.2) is 17.9 Å². The second kappa shape index (κ2) is 9.47.